The molecule has 4 heteroatoms. The maximum Gasteiger partial charge on any atom is 0.329 e. The number of benzene rings is 3. The van der Waals surface area contributed by atoms with Gasteiger partial charge in [0.05, 0.1) is 17.4 Å². The van der Waals surface area contributed by atoms with Crippen molar-refractivity contribution in [1.29, 1.82) is 0 Å². The Morgan fingerprint density at radius 1 is 0.800 bits per heavy atom. The SMILES string of the molecule is CN(C(=O)N(c1ccccc1)c1ccccc1)[C@H](CN1CCCC1)c1ccccc1. The van der Waals surface area contributed by atoms with E-state index in [2.05, 4.69) is 29.2 Å². The predicted octanol–water partition coefficient (Wildman–Crippen LogP) is 5.71. The molecule has 1 atom stereocenters. The molecule has 3 aromatic carbocycles. The van der Waals surface area contributed by atoms with Crippen LogP contribution in [0.3, 0.4) is 0 Å². The Balaban J connectivity index is 1.67. The van der Waals surface area contributed by atoms with Gasteiger partial charge >= 0.3 is 6.03 Å². The highest BCUT2D eigenvalue weighted by Crippen LogP contribution is 2.30. The number of rotatable bonds is 6. The number of likely N-dealkylation sites (N-methyl/N-ethyl adjacent to an activating group) is 1. The summed E-state index contributed by atoms with van der Waals surface area (Å²) in [4.78, 5) is 20.0. The van der Waals surface area contributed by atoms with Gasteiger partial charge in [0.2, 0.25) is 0 Å². The normalized spacial score (nSPS) is 15.0. The number of amides is 2. The molecule has 0 saturated carbocycles. The number of anilines is 2. The summed E-state index contributed by atoms with van der Waals surface area (Å²) >= 11 is 0. The Kier molecular flexibility index (Phi) is 6.45. The van der Waals surface area contributed by atoms with Crippen molar-refractivity contribution in [2.24, 2.45) is 0 Å². The highest BCUT2D eigenvalue weighted by molar-refractivity contribution is 5.99. The molecule has 0 unspecified atom stereocenters. The van der Waals surface area contributed by atoms with Gasteiger partial charge in [0, 0.05) is 13.6 Å². The number of hydrogen-bond acceptors (Lipinski definition) is 2. The largest absolute Gasteiger partial charge is 0.329 e. The van der Waals surface area contributed by atoms with Crippen LogP contribution in [0.4, 0.5) is 16.2 Å². The van der Waals surface area contributed by atoms with Crippen molar-refractivity contribution in [3.05, 3.63) is 96.6 Å². The fourth-order valence-corrected chi connectivity index (χ4v) is 4.15. The molecule has 154 valence electrons. The monoisotopic (exact) mass is 399 g/mol. The topological polar surface area (TPSA) is 26.8 Å². The molecular formula is C26H29N3O. The minimum atomic E-state index is -0.0274. The summed E-state index contributed by atoms with van der Waals surface area (Å²) in [6.45, 7) is 3.06. The first-order valence-corrected chi connectivity index (χ1v) is 10.7. The molecule has 1 aliphatic heterocycles. The van der Waals surface area contributed by atoms with E-state index in [4.69, 9.17) is 0 Å². The van der Waals surface area contributed by atoms with Crippen LogP contribution in [-0.4, -0.2) is 42.5 Å². The molecule has 1 saturated heterocycles. The molecule has 4 rings (SSSR count). The van der Waals surface area contributed by atoms with Crippen LogP contribution < -0.4 is 4.90 Å². The number of nitrogens with zero attached hydrogens (tertiary/aromatic N) is 3. The van der Waals surface area contributed by atoms with Gasteiger partial charge in [-0.3, -0.25) is 4.90 Å². The highest BCUT2D eigenvalue weighted by Gasteiger charge is 2.29. The molecule has 3 aromatic rings. The van der Waals surface area contributed by atoms with Gasteiger partial charge in [-0.25, -0.2) is 4.79 Å². The Bertz CT molecular complexity index is 885. The molecule has 0 radical (unpaired) electrons. The number of hydrogen-bond donors (Lipinski definition) is 0. The van der Waals surface area contributed by atoms with Crippen molar-refractivity contribution in [2.45, 2.75) is 18.9 Å². The van der Waals surface area contributed by atoms with E-state index in [-0.39, 0.29) is 12.1 Å². The van der Waals surface area contributed by atoms with Crippen LogP contribution in [0, 0.1) is 0 Å². The number of para-hydroxylation sites is 2. The molecule has 30 heavy (non-hydrogen) atoms. The van der Waals surface area contributed by atoms with Crippen LogP contribution in [0.15, 0.2) is 91.0 Å². The molecule has 0 aromatic heterocycles. The lowest BCUT2D eigenvalue weighted by Gasteiger charge is -2.36. The van der Waals surface area contributed by atoms with Gasteiger partial charge in [0.15, 0.2) is 0 Å². The average molecular weight is 400 g/mol. The van der Waals surface area contributed by atoms with Crippen molar-refractivity contribution in [3.8, 4) is 0 Å². The first-order chi connectivity index (χ1) is 14.7. The molecule has 1 aliphatic rings. The molecule has 1 heterocycles. The third-order valence-electron chi connectivity index (χ3n) is 5.80. The zero-order valence-electron chi connectivity index (χ0n) is 17.5. The van der Waals surface area contributed by atoms with Crippen LogP contribution in [0.1, 0.15) is 24.4 Å². The molecule has 0 spiro atoms. The van der Waals surface area contributed by atoms with Gasteiger partial charge in [-0.15, -0.1) is 0 Å². The number of urea groups is 1. The third kappa shape index (κ3) is 4.55. The molecule has 0 aliphatic carbocycles. The zero-order chi connectivity index (χ0) is 20.8. The van der Waals surface area contributed by atoms with E-state index < -0.39 is 0 Å². The average Bonchev–Trinajstić information content (AvgIpc) is 3.32. The summed E-state index contributed by atoms with van der Waals surface area (Å²) in [5.41, 5.74) is 2.91. The van der Waals surface area contributed by atoms with E-state index >= 15 is 0 Å². The number of carbonyl (C=O) groups excluding carboxylic acids is 1. The van der Waals surface area contributed by atoms with Gasteiger partial charge in [-0.05, 0) is 55.8 Å². The summed E-state index contributed by atoms with van der Waals surface area (Å²) in [7, 11) is 1.93. The van der Waals surface area contributed by atoms with E-state index in [0.717, 1.165) is 31.0 Å². The minimum absolute atomic E-state index is 0.00766. The lowest BCUT2D eigenvalue weighted by Crippen LogP contribution is -2.44. The summed E-state index contributed by atoms with van der Waals surface area (Å²) in [5.74, 6) is 0. The molecule has 1 fully saturated rings. The lowest BCUT2D eigenvalue weighted by atomic mass is 10.1. The van der Waals surface area contributed by atoms with Crippen LogP contribution in [-0.2, 0) is 0 Å². The molecular weight excluding hydrogens is 370 g/mol. The first kappa shape index (κ1) is 20.2. The van der Waals surface area contributed by atoms with Crippen molar-refractivity contribution in [1.82, 2.24) is 9.80 Å². The first-order valence-electron chi connectivity index (χ1n) is 10.7. The Hall–Kier alpha value is -3.11. The van der Waals surface area contributed by atoms with Gasteiger partial charge in [-0.1, -0.05) is 66.7 Å². The smallest absolute Gasteiger partial charge is 0.319 e. The van der Waals surface area contributed by atoms with Crippen LogP contribution in [0.5, 0.6) is 0 Å². The molecule has 0 N–H and O–H groups in total. The van der Waals surface area contributed by atoms with Crippen molar-refractivity contribution in [3.63, 3.8) is 0 Å². The summed E-state index contributed by atoms with van der Waals surface area (Å²) in [6.07, 6.45) is 2.47. The lowest BCUT2D eigenvalue weighted by molar-refractivity contribution is 0.177. The second-order valence-corrected chi connectivity index (χ2v) is 7.83. The van der Waals surface area contributed by atoms with Crippen molar-refractivity contribution < 1.29 is 4.79 Å². The van der Waals surface area contributed by atoms with Crippen molar-refractivity contribution in [2.75, 3.05) is 31.6 Å². The fourth-order valence-electron chi connectivity index (χ4n) is 4.15. The quantitative estimate of drug-likeness (QED) is 0.530. The van der Waals surface area contributed by atoms with Gasteiger partial charge in [0.1, 0.15) is 0 Å². The Labute approximate surface area is 179 Å². The highest BCUT2D eigenvalue weighted by atomic mass is 16.2. The number of likely N-dealkylation sites (tertiary alicyclic amines) is 1. The van der Waals surface area contributed by atoms with E-state index in [1.165, 1.54) is 18.4 Å². The molecule has 0 bridgehead atoms. The van der Waals surface area contributed by atoms with Crippen molar-refractivity contribution >= 4 is 17.4 Å². The zero-order valence-corrected chi connectivity index (χ0v) is 17.5. The second-order valence-electron chi connectivity index (χ2n) is 7.83. The van der Waals surface area contributed by atoms with Crippen LogP contribution in [0.25, 0.3) is 0 Å². The summed E-state index contributed by atoms with van der Waals surface area (Å²) in [6, 6.07) is 30.1. The second kappa shape index (κ2) is 9.59. The Morgan fingerprint density at radius 3 is 1.77 bits per heavy atom. The van der Waals surface area contributed by atoms with E-state index in [1.807, 2.05) is 78.7 Å². The van der Waals surface area contributed by atoms with E-state index in [9.17, 15) is 4.79 Å². The standard InChI is InChI=1S/C26H29N3O/c1-27(25(21-28-19-11-12-20-28)22-13-5-2-6-14-22)26(30)29(23-15-7-3-8-16-23)24-17-9-4-10-18-24/h2-10,13-18,25H,11-12,19-21H2,1H3/t25-/m1/s1. The van der Waals surface area contributed by atoms with Gasteiger partial charge < -0.3 is 9.80 Å². The van der Waals surface area contributed by atoms with Crippen LogP contribution >= 0.6 is 0 Å². The van der Waals surface area contributed by atoms with Gasteiger partial charge in [0.25, 0.3) is 0 Å². The maximum absolute atomic E-state index is 13.9. The molecule has 2 amide bonds. The fraction of sp³-hybridized carbons (Fsp3) is 0.269. The Morgan fingerprint density at radius 2 is 1.27 bits per heavy atom. The van der Waals surface area contributed by atoms with E-state index in [0.29, 0.717) is 0 Å². The summed E-state index contributed by atoms with van der Waals surface area (Å²) < 4.78 is 0. The summed E-state index contributed by atoms with van der Waals surface area (Å²) in [5, 5.41) is 0. The van der Waals surface area contributed by atoms with Crippen LogP contribution in [0.2, 0.25) is 0 Å². The molecule has 4 nitrogen and oxygen atoms in total. The van der Waals surface area contributed by atoms with E-state index in [1.54, 1.807) is 4.90 Å². The maximum atomic E-state index is 13.9. The number of carbonyl (C=O) groups is 1. The predicted molar refractivity (Wildman–Crippen MR) is 123 cm³/mol. The minimum Gasteiger partial charge on any atom is -0.319 e. The van der Waals surface area contributed by atoms with Gasteiger partial charge in [-0.2, -0.15) is 0 Å². The third-order valence-corrected chi connectivity index (χ3v) is 5.80.